The van der Waals surface area contributed by atoms with Crippen LogP contribution in [-0.4, -0.2) is 62.6 Å². The fourth-order valence-electron chi connectivity index (χ4n) is 6.30. The molecule has 6 rings (SSSR count). The molecule has 1 aliphatic rings. The minimum absolute atomic E-state index is 0.0204. The molecule has 0 saturated heterocycles. The maximum atomic E-state index is 14.4. The average molecular weight is 559 g/mol. The number of hydrogen-bond donors (Lipinski definition) is 1. The van der Waals surface area contributed by atoms with Gasteiger partial charge in [-0.3, -0.25) is 4.98 Å². The van der Waals surface area contributed by atoms with Gasteiger partial charge in [0.15, 0.2) is 0 Å². The molecule has 1 aromatic carbocycles. The van der Waals surface area contributed by atoms with Gasteiger partial charge in [-0.2, -0.15) is 0 Å². The molecule has 1 aliphatic carbocycles. The first kappa shape index (κ1) is 27.3. The predicted octanol–water partition coefficient (Wildman–Crippen LogP) is 5.76. The Morgan fingerprint density at radius 3 is 2.56 bits per heavy atom. The highest BCUT2D eigenvalue weighted by Crippen LogP contribution is 2.46. The van der Waals surface area contributed by atoms with Gasteiger partial charge < -0.3 is 14.8 Å². The summed E-state index contributed by atoms with van der Waals surface area (Å²) in [4.78, 5) is 12.3. The van der Waals surface area contributed by atoms with Crippen molar-refractivity contribution >= 4 is 27.9 Å². The first-order valence-corrected chi connectivity index (χ1v) is 14.2. The summed E-state index contributed by atoms with van der Waals surface area (Å²) in [6.07, 6.45) is 2.53. The molecule has 5 aromatic rings. The topological polar surface area (TPSA) is 76.7 Å². The number of alkyl halides is 2. The summed E-state index contributed by atoms with van der Waals surface area (Å²) in [5.74, 6) is -1.74. The van der Waals surface area contributed by atoms with Crippen molar-refractivity contribution in [2.24, 2.45) is 13.0 Å². The van der Waals surface area contributed by atoms with E-state index in [9.17, 15) is 8.78 Å². The number of aryl methyl sites for hydroxylation is 2. The van der Waals surface area contributed by atoms with Crippen LogP contribution in [0, 0.1) is 12.8 Å². The second-order valence-electron chi connectivity index (χ2n) is 11.2. The van der Waals surface area contributed by atoms with Crippen LogP contribution in [0.3, 0.4) is 0 Å². The number of pyridine rings is 2. The van der Waals surface area contributed by atoms with Crippen LogP contribution in [0.5, 0.6) is 0 Å². The molecule has 1 fully saturated rings. The molecular weight excluding hydrogens is 522 g/mol. The van der Waals surface area contributed by atoms with Gasteiger partial charge in [0, 0.05) is 57.2 Å². The standard InChI is InChI=1S/C31H36F2N8/c1-20-28(40(4)38-37-20)23-18-25-27(35-19-23)24-10-11-26(39(3)17-16-34-2)36-30(24)41(25)29(21-8-6-5-7-9-21)22-12-14-31(32,33)15-13-22/h5-11,18-19,22,29,34H,12-17H2,1-4H3. The van der Waals surface area contributed by atoms with Crippen molar-refractivity contribution in [1.29, 1.82) is 0 Å². The smallest absolute Gasteiger partial charge is 0.248 e. The minimum atomic E-state index is -2.61. The van der Waals surface area contributed by atoms with E-state index >= 15 is 0 Å². The van der Waals surface area contributed by atoms with Crippen LogP contribution >= 0.6 is 0 Å². The van der Waals surface area contributed by atoms with E-state index in [1.807, 2.05) is 58.5 Å². The molecule has 1 atom stereocenters. The zero-order valence-electron chi connectivity index (χ0n) is 24.0. The van der Waals surface area contributed by atoms with Gasteiger partial charge in [-0.25, -0.2) is 18.4 Å². The molecule has 1 N–H and O–H groups in total. The Balaban J connectivity index is 1.62. The van der Waals surface area contributed by atoms with Gasteiger partial charge in [-0.15, -0.1) is 5.10 Å². The number of benzene rings is 1. The van der Waals surface area contributed by atoms with Gasteiger partial charge in [-0.05, 0) is 56.5 Å². The van der Waals surface area contributed by atoms with Crippen LogP contribution in [0.25, 0.3) is 33.3 Å². The van der Waals surface area contributed by atoms with Crippen molar-refractivity contribution in [3.8, 4) is 11.3 Å². The number of likely N-dealkylation sites (N-methyl/N-ethyl adjacent to an activating group) is 2. The van der Waals surface area contributed by atoms with E-state index in [1.54, 1.807) is 4.68 Å². The fourth-order valence-corrected chi connectivity index (χ4v) is 6.30. The quantitative estimate of drug-likeness (QED) is 0.261. The second-order valence-corrected chi connectivity index (χ2v) is 11.2. The Morgan fingerprint density at radius 2 is 1.88 bits per heavy atom. The molecule has 41 heavy (non-hydrogen) atoms. The highest BCUT2D eigenvalue weighted by Gasteiger charge is 2.39. The van der Waals surface area contributed by atoms with Gasteiger partial charge in [0.1, 0.15) is 11.5 Å². The molecule has 1 saturated carbocycles. The number of rotatable bonds is 8. The van der Waals surface area contributed by atoms with E-state index < -0.39 is 5.92 Å². The third-order valence-corrected chi connectivity index (χ3v) is 8.46. The van der Waals surface area contributed by atoms with Crippen molar-refractivity contribution < 1.29 is 8.78 Å². The number of hydrogen-bond acceptors (Lipinski definition) is 6. The lowest BCUT2D eigenvalue weighted by Gasteiger charge is -2.35. The van der Waals surface area contributed by atoms with E-state index in [2.05, 4.69) is 49.4 Å². The van der Waals surface area contributed by atoms with E-state index in [1.165, 1.54) is 0 Å². The fraction of sp³-hybridized carbons (Fsp3) is 0.419. The predicted molar refractivity (Wildman–Crippen MR) is 158 cm³/mol. The SMILES string of the molecule is CNCCN(C)c1ccc2c3ncc(-c4c(C)nnn4C)cc3n(C(c3ccccc3)C3CCC(F)(F)CC3)c2n1. The summed E-state index contributed by atoms with van der Waals surface area (Å²) in [5, 5.41) is 12.6. The summed E-state index contributed by atoms with van der Waals surface area (Å²) in [5.41, 5.74) is 6.27. The molecule has 10 heteroatoms. The molecule has 0 aliphatic heterocycles. The molecule has 4 aromatic heterocycles. The number of fused-ring (bicyclic) bond motifs is 3. The molecule has 0 amide bonds. The van der Waals surface area contributed by atoms with E-state index in [-0.39, 0.29) is 24.8 Å². The summed E-state index contributed by atoms with van der Waals surface area (Å²) in [6.45, 7) is 3.56. The normalized spacial score (nSPS) is 16.4. The van der Waals surface area contributed by atoms with Crippen LogP contribution in [0.2, 0.25) is 0 Å². The van der Waals surface area contributed by atoms with E-state index in [4.69, 9.17) is 9.97 Å². The van der Waals surface area contributed by atoms with Crippen LogP contribution in [0.1, 0.15) is 43.0 Å². The maximum Gasteiger partial charge on any atom is 0.248 e. The van der Waals surface area contributed by atoms with Crippen LogP contribution in [0.4, 0.5) is 14.6 Å². The Hall–Kier alpha value is -3.92. The average Bonchev–Trinajstić information content (AvgIpc) is 3.48. The third kappa shape index (κ3) is 5.05. The number of nitrogens with one attached hydrogen (secondary N) is 1. The van der Waals surface area contributed by atoms with Crippen molar-refractivity contribution in [2.75, 3.05) is 32.1 Å². The van der Waals surface area contributed by atoms with Gasteiger partial charge in [0.25, 0.3) is 0 Å². The van der Waals surface area contributed by atoms with Gasteiger partial charge in [-0.1, -0.05) is 35.5 Å². The van der Waals surface area contributed by atoms with Crippen molar-refractivity contribution in [2.45, 2.75) is 44.6 Å². The maximum absolute atomic E-state index is 14.4. The number of anilines is 1. The third-order valence-electron chi connectivity index (χ3n) is 8.46. The highest BCUT2D eigenvalue weighted by molar-refractivity contribution is 6.05. The molecule has 1 unspecified atom stereocenters. The van der Waals surface area contributed by atoms with Crippen molar-refractivity contribution in [3.05, 3.63) is 66.0 Å². The zero-order valence-corrected chi connectivity index (χ0v) is 24.0. The monoisotopic (exact) mass is 558 g/mol. The van der Waals surface area contributed by atoms with Crippen molar-refractivity contribution in [3.63, 3.8) is 0 Å². The Labute approximate surface area is 238 Å². The highest BCUT2D eigenvalue weighted by atomic mass is 19.3. The molecule has 0 bridgehead atoms. The molecule has 0 radical (unpaired) electrons. The molecule has 4 heterocycles. The Morgan fingerprint density at radius 1 is 1.12 bits per heavy atom. The lowest BCUT2D eigenvalue weighted by atomic mass is 9.79. The van der Waals surface area contributed by atoms with E-state index in [0.717, 1.165) is 63.5 Å². The molecule has 8 nitrogen and oxygen atoms in total. The van der Waals surface area contributed by atoms with Crippen LogP contribution < -0.4 is 10.2 Å². The largest absolute Gasteiger partial charge is 0.358 e. The lowest BCUT2D eigenvalue weighted by Crippen LogP contribution is -2.30. The Kier molecular flexibility index (Phi) is 7.19. The Bertz CT molecular complexity index is 1650. The summed E-state index contributed by atoms with van der Waals surface area (Å²) < 4.78 is 32.8. The zero-order chi connectivity index (χ0) is 28.7. The molecule has 0 spiro atoms. The number of nitrogens with zero attached hydrogens (tertiary/aromatic N) is 7. The summed E-state index contributed by atoms with van der Waals surface area (Å²) in [6, 6.07) is 16.3. The van der Waals surface area contributed by atoms with Gasteiger partial charge in [0.05, 0.1) is 28.5 Å². The van der Waals surface area contributed by atoms with Crippen LogP contribution in [0.15, 0.2) is 54.7 Å². The van der Waals surface area contributed by atoms with Crippen molar-refractivity contribution in [1.82, 2.24) is 34.8 Å². The molecule has 214 valence electrons. The first-order valence-electron chi connectivity index (χ1n) is 14.2. The number of halogens is 2. The lowest BCUT2D eigenvalue weighted by molar-refractivity contribution is -0.0493. The van der Waals surface area contributed by atoms with Gasteiger partial charge in [0.2, 0.25) is 5.92 Å². The number of aromatic nitrogens is 6. The summed E-state index contributed by atoms with van der Waals surface area (Å²) in [7, 11) is 5.84. The van der Waals surface area contributed by atoms with E-state index in [0.29, 0.717) is 12.8 Å². The van der Waals surface area contributed by atoms with Crippen LogP contribution in [-0.2, 0) is 7.05 Å². The van der Waals surface area contributed by atoms with Gasteiger partial charge >= 0.3 is 0 Å². The first-order chi connectivity index (χ1) is 19.8. The summed E-state index contributed by atoms with van der Waals surface area (Å²) >= 11 is 0. The minimum Gasteiger partial charge on any atom is -0.358 e. The second kappa shape index (κ2) is 10.8. The molecular formula is C31H36F2N8.